The molecule has 1 aliphatic carbocycles. The van der Waals surface area contributed by atoms with Gasteiger partial charge in [-0.05, 0) is 26.2 Å². The van der Waals surface area contributed by atoms with Gasteiger partial charge < -0.3 is 5.32 Å². The molecule has 1 aliphatic rings. The normalized spacial score (nSPS) is 20.5. The summed E-state index contributed by atoms with van der Waals surface area (Å²) in [7, 11) is 0. The number of nitrogens with one attached hydrogen (secondary N) is 1. The molecule has 1 atom stereocenters. The number of rotatable bonds is 5. The molecule has 0 amide bonds. The van der Waals surface area contributed by atoms with Gasteiger partial charge in [-0.3, -0.25) is 4.79 Å². The molecule has 2 heteroatoms. The van der Waals surface area contributed by atoms with Crippen molar-refractivity contribution in [1.29, 1.82) is 0 Å². The Hall–Kier alpha value is -0.370. The number of Topliss-reactive ketones (excluding diaryl/α,β-unsaturated/α-hetero) is 1. The number of ketones is 1. The Morgan fingerprint density at radius 2 is 2.08 bits per heavy atom. The summed E-state index contributed by atoms with van der Waals surface area (Å²) in [5, 5.41) is 3.26. The van der Waals surface area contributed by atoms with E-state index in [4.69, 9.17) is 0 Å². The molecule has 1 rings (SSSR count). The second-order valence-corrected chi connectivity index (χ2v) is 4.14. The largest absolute Gasteiger partial charge is 0.308 e. The van der Waals surface area contributed by atoms with Crippen molar-refractivity contribution in [2.24, 2.45) is 5.92 Å². The molecule has 0 aromatic heterocycles. The Morgan fingerprint density at radius 3 is 2.62 bits per heavy atom. The summed E-state index contributed by atoms with van der Waals surface area (Å²) in [6.07, 6.45) is 5.85. The van der Waals surface area contributed by atoms with Crippen molar-refractivity contribution >= 4 is 5.78 Å². The van der Waals surface area contributed by atoms with Crippen LogP contribution in [0.25, 0.3) is 0 Å². The highest BCUT2D eigenvalue weighted by Gasteiger charge is 2.22. The average molecular weight is 183 g/mol. The van der Waals surface area contributed by atoms with Crippen molar-refractivity contribution in [3.05, 3.63) is 0 Å². The van der Waals surface area contributed by atoms with Crippen LogP contribution >= 0.6 is 0 Å². The maximum Gasteiger partial charge on any atom is 0.149 e. The summed E-state index contributed by atoms with van der Waals surface area (Å²) in [6, 6.07) is 0.477. The van der Waals surface area contributed by atoms with Crippen molar-refractivity contribution in [3.8, 4) is 0 Å². The summed E-state index contributed by atoms with van der Waals surface area (Å²) in [4.78, 5) is 11.6. The molecule has 0 bridgehead atoms. The molecular formula is C11H21NO. The Bertz CT molecular complexity index is 161. The standard InChI is InChI=1S/C11H21NO/c1-3-9(2)12-8-11(13)10-6-4-5-7-10/h9-10,12H,3-8H2,1-2H3. The van der Waals surface area contributed by atoms with Crippen molar-refractivity contribution in [1.82, 2.24) is 5.32 Å². The fourth-order valence-electron chi connectivity index (χ4n) is 1.81. The smallest absolute Gasteiger partial charge is 0.149 e. The molecule has 76 valence electrons. The van der Waals surface area contributed by atoms with Crippen LogP contribution in [0, 0.1) is 5.92 Å². The van der Waals surface area contributed by atoms with Gasteiger partial charge in [0.15, 0.2) is 0 Å². The number of hydrogen-bond acceptors (Lipinski definition) is 2. The molecule has 0 aliphatic heterocycles. The van der Waals surface area contributed by atoms with E-state index in [1.54, 1.807) is 0 Å². The Kier molecular flexibility index (Phi) is 4.43. The molecule has 0 radical (unpaired) electrons. The van der Waals surface area contributed by atoms with Gasteiger partial charge in [-0.1, -0.05) is 19.8 Å². The summed E-state index contributed by atoms with van der Waals surface area (Å²) >= 11 is 0. The minimum Gasteiger partial charge on any atom is -0.308 e. The molecular weight excluding hydrogens is 162 g/mol. The van der Waals surface area contributed by atoms with Crippen molar-refractivity contribution in [2.45, 2.75) is 52.0 Å². The van der Waals surface area contributed by atoms with Crippen LogP contribution < -0.4 is 5.32 Å². The van der Waals surface area contributed by atoms with Crippen LogP contribution in [0.15, 0.2) is 0 Å². The topological polar surface area (TPSA) is 29.1 Å². The van der Waals surface area contributed by atoms with Gasteiger partial charge in [0.25, 0.3) is 0 Å². The lowest BCUT2D eigenvalue weighted by Gasteiger charge is -2.12. The predicted molar refractivity (Wildman–Crippen MR) is 54.7 cm³/mol. The second kappa shape index (κ2) is 5.38. The molecule has 1 unspecified atom stereocenters. The first-order valence-corrected chi connectivity index (χ1v) is 5.50. The molecule has 1 fully saturated rings. The van der Waals surface area contributed by atoms with E-state index in [0.29, 0.717) is 24.3 Å². The van der Waals surface area contributed by atoms with Gasteiger partial charge in [0.2, 0.25) is 0 Å². The van der Waals surface area contributed by atoms with Gasteiger partial charge in [0, 0.05) is 12.0 Å². The zero-order valence-electron chi connectivity index (χ0n) is 8.81. The van der Waals surface area contributed by atoms with E-state index in [1.165, 1.54) is 12.8 Å². The third-order valence-corrected chi connectivity index (χ3v) is 3.05. The minimum absolute atomic E-state index is 0.372. The predicted octanol–water partition coefficient (Wildman–Crippen LogP) is 2.13. The second-order valence-electron chi connectivity index (χ2n) is 4.14. The van der Waals surface area contributed by atoms with Crippen molar-refractivity contribution in [3.63, 3.8) is 0 Å². The van der Waals surface area contributed by atoms with Gasteiger partial charge in [-0.15, -0.1) is 0 Å². The van der Waals surface area contributed by atoms with Crippen LogP contribution in [0.5, 0.6) is 0 Å². The van der Waals surface area contributed by atoms with E-state index in [9.17, 15) is 4.79 Å². The number of carbonyl (C=O) groups excluding carboxylic acids is 1. The van der Waals surface area contributed by atoms with E-state index in [2.05, 4.69) is 19.2 Å². The minimum atomic E-state index is 0.372. The lowest BCUT2D eigenvalue weighted by atomic mass is 10.0. The van der Waals surface area contributed by atoms with Crippen molar-refractivity contribution < 1.29 is 4.79 Å². The SMILES string of the molecule is CCC(C)NCC(=O)C1CCCC1. The zero-order valence-corrected chi connectivity index (χ0v) is 8.81. The van der Waals surface area contributed by atoms with Crippen LogP contribution in [-0.4, -0.2) is 18.4 Å². The van der Waals surface area contributed by atoms with Crippen LogP contribution in [0.4, 0.5) is 0 Å². The quantitative estimate of drug-likeness (QED) is 0.707. The van der Waals surface area contributed by atoms with E-state index < -0.39 is 0 Å². The van der Waals surface area contributed by atoms with E-state index in [1.807, 2.05) is 0 Å². The zero-order chi connectivity index (χ0) is 9.68. The first kappa shape index (κ1) is 10.7. The fourth-order valence-corrected chi connectivity index (χ4v) is 1.81. The van der Waals surface area contributed by atoms with Crippen LogP contribution in [0.2, 0.25) is 0 Å². The van der Waals surface area contributed by atoms with E-state index in [0.717, 1.165) is 19.3 Å². The molecule has 0 spiro atoms. The highest BCUT2D eigenvalue weighted by atomic mass is 16.1. The molecule has 0 heterocycles. The number of hydrogen-bond donors (Lipinski definition) is 1. The lowest BCUT2D eigenvalue weighted by Crippen LogP contribution is -2.33. The average Bonchev–Trinajstić information content (AvgIpc) is 2.66. The fraction of sp³-hybridized carbons (Fsp3) is 0.909. The summed E-state index contributed by atoms with van der Waals surface area (Å²) in [5.74, 6) is 0.800. The highest BCUT2D eigenvalue weighted by molar-refractivity contribution is 5.83. The van der Waals surface area contributed by atoms with E-state index >= 15 is 0 Å². The molecule has 0 aromatic carbocycles. The van der Waals surface area contributed by atoms with Crippen LogP contribution in [0.3, 0.4) is 0 Å². The molecule has 0 aromatic rings. The highest BCUT2D eigenvalue weighted by Crippen LogP contribution is 2.25. The maximum atomic E-state index is 11.6. The monoisotopic (exact) mass is 183 g/mol. The summed E-state index contributed by atoms with van der Waals surface area (Å²) in [5.41, 5.74) is 0. The van der Waals surface area contributed by atoms with Gasteiger partial charge >= 0.3 is 0 Å². The first-order chi connectivity index (χ1) is 6.24. The Labute approximate surface area is 81.1 Å². The molecule has 1 saturated carbocycles. The molecule has 13 heavy (non-hydrogen) atoms. The summed E-state index contributed by atoms with van der Waals surface area (Å²) in [6.45, 7) is 4.85. The lowest BCUT2D eigenvalue weighted by molar-refractivity contribution is -0.121. The van der Waals surface area contributed by atoms with Crippen LogP contribution in [0.1, 0.15) is 46.0 Å². The molecule has 1 N–H and O–H groups in total. The Balaban J connectivity index is 2.16. The maximum absolute atomic E-state index is 11.6. The summed E-state index contributed by atoms with van der Waals surface area (Å²) < 4.78 is 0. The number of carbonyl (C=O) groups is 1. The third kappa shape index (κ3) is 3.47. The van der Waals surface area contributed by atoms with Gasteiger partial charge in [-0.2, -0.15) is 0 Å². The molecule has 0 saturated heterocycles. The molecule has 2 nitrogen and oxygen atoms in total. The first-order valence-electron chi connectivity index (χ1n) is 5.50. The van der Waals surface area contributed by atoms with E-state index in [-0.39, 0.29) is 0 Å². The van der Waals surface area contributed by atoms with Gasteiger partial charge in [0.05, 0.1) is 6.54 Å². The van der Waals surface area contributed by atoms with Crippen LogP contribution in [-0.2, 0) is 4.79 Å². The van der Waals surface area contributed by atoms with Gasteiger partial charge in [0.1, 0.15) is 5.78 Å². The van der Waals surface area contributed by atoms with Crippen molar-refractivity contribution in [2.75, 3.05) is 6.54 Å². The Morgan fingerprint density at radius 1 is 1.46 bits per heavy atom. The van der Waals surface area contributed by atoms with Gasteiger partial charge in [-0.25, -0.2) is 0 Å². The third-order valence-electron chi connectivity index (χ3n) is 3.05.